The molecule has 0 heterocycles. The number of hydrogen-bond acceptors (Lipinski definition) is 5. The Morgan fingerprint density at radius 1 is 1.29 bits per heavy atom. The molecule has 0 saturated heterocycles. The topological polar surface area (TPSA) is 61.8 Å². The van der Waals surface area contributed by atoms with Gasteiger partial charge < -0.3 is 14.2 Å². The Morgan fingerprint density at radius 3 is 2.36 bits per heavy atom. The highest BCUT2D eigenvalue weighted by Gasteiger charge is 2.19. The van der Waals surface area contributed by atoms with Gasteiger partial charge in [0.05, 0.1) is 13.7 Å². The number of rotatable bonds is 6. The van der Waals surface area contributed by atoms with Crippen LogP contribution in [-0.4, -0.2) is 39.2 Å². The molecule has 0 atom stereocenters. The Bertz CT molecular complexity index is 231. The minimum absolute atomic E-state index is 0.142. The van der Waals surface area contributed by atoms with Crippen LogP contribution in [0.4, 0.5) is 0 Å². The second-order valence-electron chi connectivity index (χ2n) is 2.33. The van der Waals surface area contributed by atoms with Crippen LogP contribution in [-0.2, 0) is 23.8 Å². The van der Waals surface area contributed by atoms with Crippen molar-refractivity contribution in [2.24, 2.45) is 0 Å². The van der Waals surface area contributed by atoms with E-state index in [0.717, 1.165) is 6.26 Å². The lowest BCUT2D eigenvalue weighted by Crippen LogP contribution is -2.18. The highest BCUT2D eigenvalue weighted by Crippen LogP contribution is 2.00. The highest BCUT2D eigenvalue weighted by molar-refractivity contribution is 6.17. The average Bonchev–Trinajstić information content (AvgIpc) is 2.18. The number of carbonyl (C=O) groups excluding carboxylic acids is 2. The third kappa shape index (κ3) is 4.04. The summed E-state index contributed by atoms with van der Waals surface area (Å²) < 4.78 is 13.9. The molecule has 0 fully saturated rings. The normalized spacial score (nSPS) is 10.9. The van der Waals surface area contributed by atoms with Crippen molar-refractivity contribution in [1.82, 2.24) is 0 Å². The second kappa shape index (κ2) is 7.08. The van der Waals surface area contributed by atoms with Crippen molar-refractivity contribution in [3.8, 4) is 0 Å². The Kier molecular flexibility index (Phi) is 6.39. The largest absolute Gasteiger partial charge is 0.500 e. The van der Waals surface area contributed by atoms with Crippen LogP contribution in [0.1, 0.15) is 6.92 Å². The summed E-state index contributed by atoms with van der Waals surface area (Å²) in [5.41, 5.74) is -0.142. The van der Waals surface area contributed by atoms with E-state index in [2.05, 4.69) is 9.47 Å². The minimum Gasteiger partial charge on any atom is -0.500 e. The molecule has 0 saturated carbocycles. The van der Waals surface area contributed by atoms with Crippen molar-refractivity contribution in [1.29, 1.82) is 0 Å². The van der Waals surface area contributed by atoms with Crippen LogP contribution in [0.3, 0.4) is 0 Å². The number of ketones is 1. The molecule has 0 aliphatic carbocycles. The van der Waals surface area contributed by atoms with E-state index in [1.807, 2.05) is 0 Å². The van der Waals surface area contributed by atoms with Crippen molar-refractivity contribution in [2.45, 2.75) is 6.92 Å². The Morgan fingerprint density at radius 2 is 1.93 bits per heavy atom. The maximum atomic E-state index is 11.3. The lowest BCUT2D eigenvalue weighted by Gasteiger charge is -2.03. The molecule has 0 radical (unpaired) electrons. The van der Waals surface area contributed by atoms with Crippen LogP contribution in [0.5, 0.6) is 0 Å². The predicted octanol–water partition coefficient (Wildman–Crippen LogP) is 0.295. The molecule has 0 aliphatic rings. The second-order valence-corrected chi connectivity index (χ2v) is 2.33. The van der Waals surface area contributed by atoms with E-state index in [9.17, 15) is 9.59 Å². The first-order valence-electron chi connectivity index (χ1n) is 4.09. The first kappa shape index (κ1) is 12.6. The third-order valence-corrected chi connectivity index (χ3v) is 1.35. The zero-order chi connectivity index (χ0) is 11.0. The van der Waals surface area contributed by atoms with E-state index in [4.69, 9.17) is 4.74 Å². The van der Waals surface area contributed by atoms with E-state index in [0.29, 0.717) is 6.61 Å². The Balaban J connectivity index is 4.54. The third-order valence-electron chi connectivity index (χ3n) is 1.35. The van der Waals surface area contributed by atoms with Gasteiger partial charge in [-0.2, -0.15) is 0 Å². The van der Waals surface area contributed by atoms with Gasteiger partial charge in [0.25, 0.3) is 0 Å². The molecule has 0 spiro atoms. The van der Waals surface area contributed by atoms with E-state index in [-0.39, 0.29) is 12.2 Å². The van der Waals surface area contributed by atoms with Crippen LogP contribution >= 0.6 is 0 Å². The van der Waals surface area contributed by atoms with Gasteiger partial charge in [-0.05, 0) is 6.92 Å². The molecule has 0 rings (SSSR count). The Labute approximate surface area is 82.6 Å². The van der Waals surface area contributed by atoms with Gasteiger partial charge in [-0.15, -0.1) is 0 Å². The summed E-state index contributed by atoms with van der Waals surface area (Å²) in [4.78, 5) is 22.4. The van der Waals surface area contributed by atoms with Gasteiger partial charge in [-0.1, -0.05) is 0 Å². The number of Topliss-reactive ketones (excluding diaryl/α,β-unsaturated/α-hetero) is 1. The quantitative estimate of drug-likeness (QED) is 0.204. The molecule has 0 amide bonds. The molecule has 14 heavy (non-hydrogen) atoms. The standard InChI is InChI=1S/C9H14O5/c1-4-14-5-7(9(11)13-3)8(10)6-12-2/h5H,4,6H2,1-3H3. The smallest absolute Gasteiger partial charge is 0.344 e. The molecule has 5 nitrogen and oxygen atoms in total. The number of ether oxygens (including phenoxy) is 3. The molecule has 0 aromatic carbocycles. The van der Waals surface area contributed by atoms with Gasteiger partial charge in [0.1, 0.15) is 18.4 Å². The number of methoxy groups -OCH3 is 2. The fourth-order valence-corrected chi connectivity index (χ4v) is 0.713. The van der Waals surface area contributed by atoms with Crippen LogP contribution in [0.2, 0.25) is 0 Å². The molecule has 0 aromatic heterocycles. The molecular formula is C9H14O5. The predicted molar refractivity (Wildman–Crippen MR) is 48.6 cm³/mol. The molecule has 0 aliphatic heterocycles. The molecular weight excluding hydrogens is 188 g/mol. The first-order valence-corrected chi connectivity index (χ1v) is 4.09. The summed E-state index contributed by atoms with van der Waals surface area (Å²) in [5.74, 6) is -1.19. The van der Waals surface area contributed by atoms with E-state index in [1.54, 1.807) is 6.92 Å². The monoisotopic (exact) mass is 202 g/mol. The van der Waals surface area contributed by atoms with Gasteiger partial charge in [0.15, 0.2) is 5.78 Å². The molecule has 0 aromatic rings. The molecule has 0 N–H and O–H groups in total. The van der Waals surface area contributed by atoms with Gasteiger partial charge >= 0.3 is 5.97 Å². The van der Waals surface area contributed by atoms with Gasteiger partial charge in [-0.25, -0.2) is 4.79 Å². The van der Waals surface area contributed by atoms with Crippen LogP contribution in [0, 0.1) is 0 Å². The fourth-order valence-electron chi connectivity index (χ4n) is 0.713. The summed E-state index contributed by atoms with van der Waals surface area (Å²) in [6.45, 7) is 1.95. The van der Waals surface area contributed by atoms with Crippen molar-refractivity contribution in [3.63, 3.8) is 0 Å². The molecule has 5 heteroatoms. The minimum atomic E-state index is -0.722. The summed E-state index contributed by atoms with van der Waals surface area (Å²) >= 11 is 0. The lowest BCUT2D eigenvalue weighted by molar-refractivity contribution is -0.138. The van der Waals surface area contributed by atoms with E-state index < -0.39 is 11.8 Å². The van der Waals surface area contributed by atoms with E-state index >= 15 is 0 Å². The molecule has 80 valence electrons. The summed E-state index contributed by atoms with van der Waals surface area (Å²) in [7, 11) is 2.57. The molecule has 0 bridgehead atoms. The van der Waals surface area contributed by atoms with Crippen molar-refractivity contribution >= 4 is 11.8 Å². The zero-order valence-electron chi connectivity index (χ0n) is 8.53. The van der Waals surface area contributed by atoms with Gasteiger partial charge in [-0.3, -0.25) is 4.79 Å². The summed E-state index contributed by atoms with van der Waals surface area (Å²) in [6.07, 6.45) is 1.09. The number of hydrogen-bond donors (Lipinski definition) is 0. The van der Waals surface area contributed by atoms with Gasteiger partial charge in [0.2, 0.25) is 0 Å². The highest BCUT2D eigenvalue weighted by atomic mass is 16.5. The summed E-state index contributed by atoms with van der Waals surface area (Å²) in [6, 6.07) is 0. The first-order chi connectivity index (χ1) is 6.67. The van der Waals surface area contributed by atoms with Crippen LogP contribution < -0.4 is 0 Å². The lowest BCUT2D eigenvalue weighted by atomic mass is 10.2. The maximum absolute atomic E-state index is 11.3. The number of carbonyl (C=O) groups is 2. The zero-order valence-corrected chi connectivity index (χ0v) is 8.53. The van der Waals surface area contributed by atoms with Crippen LogP contribution in [0.25, 0.3) is 0 Å². The summed E-state index contributed by atoms with van der Waals surface area (Å²) in [5, 5.41) is 0. The number of esters is 1. The maximum Gasteiger partial charge on any atom is 0.344 e. The average molecular weight is 202 g/mol. The fraction of sp³-hybridized carbons (Fsp3) is 0.556. The van der Waals surface area contributed by atoms with E-state index in [1.165, 1.54) is 14.2 Å². The van der Waals surface area contributed by atoms with Crippen LogP contribution in [0.15, 0.2) is 11.8 Å². The van der Waals surface area contributed by atoms with Crippen molar-refractivity contribution in [2.75, 3.05) is 27.4 Å². The SMILES string of the molecule is CCOC=C(C(=O)COC)C(=O)OC. The van der Waals surface area contributed by atoms with Crippen molar-refractivity contribution < 1.29 is 23.8 Å². The molecule has 0 unspecified atom stereocenters. The Hall–Kier alpha value is -1.36. The van der Waals surface area contributed by atoms with Crippen molar-refractivity contribution in [3.05, 3.63) is 11.8 Å². The van der Waals surface area contributed by atoms with Gasteiger partial charge in [0, 0.05) is 7.11 Å².